The number of amides is 1. The zero-order valence-electron chi connectivity index (χ0n) is 17.2. The van der Waals surface area contributed by atoms with Crippen LogP contribution in [0.5, 0.6) is 0 Å². The number of hydrogen-bond donors (Lipinski definition) is 0. The summed E-state index contributed by atoms with van der Waals surface area (Å²) in [4.78, 5) is 22.6. The number of ether oxygens (including phenoxy) is 1. The quantitative estimate of drug-likeness (QED) is 0.350. The van der Waals surface area contributed by atoms with Crippen LogP contribution in [-0.2, 0) is 4.74 Å². The van der Waals surface area contributed by atoms with E-state index in [4.69, 9.17) is 16.3 Å². The van der Waals surface area contributed by atoms with Crippen molar-refractivity contribution >= 4 is 65.6 Å². The third-order valence-electron chi connectivity index (χ3n) is 5.52. The number of nitrogens with zero attached hydrogens (tertiary/aromatic N) is 3. The molecule has 0 N–H and O–H groups in total. The molecular weight excluding hydrogens is 469 g/mol. The summed E-state index contributed by atoms with van der Waals surface area (Å²) in [5.74, 6) is -0.580. The second kappa shape index (κ2) is 9.41. The van der Waals surface area contributed by atoms with Crippen LogP contribution in [0.2, 0.25) is 5.02 Å². The predicted molar refractivity (Wildman–Crippen MR) is 130 cm³/mol. The number of carbonyl (C=O) groups excluding carboxylic acids is 1. The number of hydrogen-bond acceptors (Lipinski definition) is 6. The Labute approximate surface area is 198 Å². The monoisotopic (exact) mass is 489 g/mol. The van der Waals surface area contributed by atoms with E-state index >= 15 is 0 Å². The molecule has 0 saturated carbocycles. The number of anilines is 1. The highest BCUT2D eigenvalue weighted by Crippen LogP contribution is 2.38. The number of benzene rings is 2. The minimum Gasteiger partial charge on any atom is -0.379 e. The van der Waals surface area contributed by atoms with Gasteiger partial charge in [0.25, 0.3) is 5.91 Å². The Morgan fingerprint density at radius 1 is 1.12 bits per heavy atom. The van der Waals surface area contributed by atoms with E-state index in [1.54, 1.807) is 11.0 Å². The van der Waals surface area contributed by atoms with E-state index < -0.39 is 0 Å². The van der Waals surface area contributed by atoms with Crippen LogP contribution in [0.4, 0.5) is 9.52 Å². The minimum atomic E-state index is -0.384. The lowest BCUT2D eigenvalue weighted by atomic mass is 10.2. The molecule has 4 aromatic rings. The third kappa shape index (κ3) is 4.25. The molecule has 9 heteroatoms. The number of carbonyl (C=O) groups is 1. The van der Waals surface area contributed by atoms with Crippen LogP contribution in [0.1, 0.15) is 16.1 Å². The van der Waals surface area contributed by atoms with Crippen molar-refractivity contribution in [2.45, 2.75) is 6.42 Å². The Kier molecular flexibility index (Phi) is 6.39. The molecule has 166 valence electrons. The van der Waals surface area contributed by atoms with Gasteiger partial charge in [0, 0.05) is 36.3 Å². The molecule has 0 atom stereocenters. The van der Waals surface area contributed by atoms with Gasteiger partial charge < -0.3 is 4.74 Å². The molecule has 1 fully saturated rings. The molecule has 1 aliphatic rings. The molecule has 3 heterocycles. The summed E-state index contributed by atoms with van der Waals surface area (Å²) in [5.41, 5.74) is 0.293. The Bertz CT molecular complexity index is 1270. The molecule has 0 radical (unpaired) electrons. The summed E-state index contributed by atoms with van der Waals surface area (Å²) in [6, 6.07) is 12.6. The van der Waals surface area contributed by atoms with E-state index in [-0.39, 0.29) is 11.7 Å². The molecule has 5 rings (SSSR count). The SMILES string of the molecule is O=C(c1sc2ccccc2c1Cl)N(CCCN1CCOCC1)c1nc2c(F)cccc2s1. The lowest BCUT2D eigenvalue weighted by Crippen LogP contribution is -2.39. The normalized spacial score (nSPS) is 14.9. The van der Waals surface area contributed by atoms with Crippen LogP contribution in [0.15, 0.2) is 42.5 Å². The molecule has 1 aliphatic heterocycles. The van der Waals surface area contributed by atoms with Crippen LogP contribution in [-0.4, -0.2) is 55.2 Å². The number of halogens is 2. The molecule has 32 heavy (non-hydrogen) atoms. The molecule has 1 saturated heterocycles. The van der Waals surface area contributed by atoms with Crippen molar-refractivity contribution in [3.05, 3.63) is 58.2 Å². The Morgan fingerprint density at radius 2 is 1.91 bits per heavy atom. The number of thiazole rings is 1. The topological polar surface area (TPSA) is 45.7 Å². The van der Waals surface area contributed by atoms with Crippen molar-refractivity contribution in [2.75, 3.05) is 44.3 Å². The van der Waals surface area contributed by atoms with Gasteiger partial charge in [0.2, 0.25) is 0 Å². The zero-order valence-corrected chi connectivity index (χ0v) is 19.6. The molecule has 0 bridgehead atoms. The van der Waals surface area contributed by atoms with Gasteiger partial charge in [0.1, 0.15) is 16.2 Å². The summed E-state index contributed by atoms with van der Waals surface area (Å²) in [6.07, 6.45) is 0.770. The standard InChI is InChI=1S/C23H21ClFN3O2S2/c24-19-15-5-1-2-7-17(15)31-21(19)22(29)28(10-4-9-27-11-13-30-14-12-27)23-26-20-16(25)6-3-8-18(20)32-23/h1-3,5-8H,4,9-14H2. The zero-order chi connectivity index (χ0) is 22.1. The lowest BCUT2D eigenvalue weighted by Gasteiger charge is -2.27. The first-order valence-electron chi connectivity index (χ1n) is 10.5. The number of para-hydroxylation sites is 1. The van der Waals surface area contributed by atoms with Crippen molar-refractivity contribution in [1.82, 2.24) is 9.88 Å². The van der Waals surface area contributed by atoms with E-state index in [2.05, 4.69) is 9.88 Å². The first-order valence-corrected chi connectivity index (χ1v) is 12.5. The molecule has 0 spiro atoms. The fraction of sp³-hybridized carbons (Fsp3) is 0.304. The largest absolute Gasteiger partial charge is 0.379 e. The van der Waals surface area contributed by atoms with Gasteiger partial charge in [-0.1, -0.05) is 47.2 Å². The van der Waals surface area contributed by atoms with Gasteiger partial charge in [-0.2, -0.15) is 0 Å². The summed E-state index contributed by atoms with van der Waals surface area (Å²) in [6.45, 7) is 4.58. The first-order chi connectivity index (χ1) is 15.6. The van der Waals surface area contributed by atoms with E-state index in [9.17, 15) is 9.18 Å². The van der Waals surface area contributed by atoms with E-state index in [1.807, 2.05) is 30.3 Å². The van der Waals surface area contributed by atoms with E-state index in [1.165, 1.54) is 28.7 Å². The average Bonchev–Trinajstić information content (AvgIpc) is 3.40. The maximum absolute atomic E-state index is 14.3. The molecule has 0 unspecified atom stereocenters. The Morgan fingerprint density at radius 3 is 2.69 bits per heavy atom. The molecule has 1 amide bonds. The van der Waals surface area contributed by atoms with Gasteiger partial charge in [0.15, 0.2) is 5.13 Å². The van der Waals surface area contributed by atoms with Crippen LogP contribution in [0.3, 0.4) is 0 Å². The number of rotatable bonds is 6. The predicted octanol–water partition coefficient (Wildman–Crippen LogP) is 5.67. The van der Waals surface area contributed by atoms with Crippen molar-refractivity contribution in [2.24, 2.45) is 0 Å². The van der Waals surface area contributed by atoms with Crippen LogP contribution in [0.25, 0.3) is 20.3 Å². The fourth-order valence-corrected chi connectivity index (χ4v) is 6.32. The highest BCUT2D eigenvalue weighted by atomic mass is 35.5. The smallest absolute Gasteiger partial charge is 0.271 e. The maximum Gasteiger partial charge on any atom is 0.271 e. The van der Waals surface area contributed by atoms with Crippen LogP contribution in [0, 0.1) is 5.82 Å². The lowest BCUT2D eigenvalue weighted by molar-refractivity contribution is 0.0376. The maximum atomic E-state index is 14.3. The van der Waals surface area contributed by atoms with Crippen LogP contribution < -0.4 is 4.90 Å². The van der Waals surface area contributed by atoms with Gasteiger partial charge in [0.05, 0.1) is 22.9 Å². The summed E-state index contributed by atoms with van der Waals surface area (Å²) in [7, 11) is 0. The van der Waals surface area contributed by atoms with Crippen molar-refractivity contribution in [1.29, 1.82) is 0 Å². The van der Waals surface area contributed by atoms with Gasteiger partial charge in [-0.25, -0.2) is 9.37 Å². The Balaban J connectivity index is 1.46. The third-order valence-corrected chi connectivity index (χ3v) is 8.23. The minimum absolute atomic E-state index is 0.197. The van der Waals surface area contributed by atoms with Gasteiger partial charge >= 0.3 is 0 Å². The highest BCUT2D eigenvalue weighted by Gasteiger charge is 2.26. The number of thiophene rings is 1. The molecule has 2 aromatic carbocycles. The van der Waals surface area contributed by atoms with Crippen molar-refractivity contribution in [3.63, 3.8) is 0 Å². The average molecular weight is 490 g/mol. The molecule has 0 aliphatic carbocycles. The molecule has 2 aromatic heterocycles. The van der Waals surface area contributed by atoms with Gasteiger partial charge in [-0.3, -0.25) is 14.6 Å². The second-order valence-corrected chi connectivity index (χ2v) is 10.0. The van der Waals surface area contributed by atoms with E-state index in [0.29, 0.717) is 31.8 Å². The highest BCUT2D eigenvalue weighted by molar-refractivity contribution is 7.23. The summed E-state index contributed by atoms with van der Waals surface area (Å²) < 4.78 is 21.4. The summed E-state index contributed by atoms with van der Waals surface area (Å²) in [5, 5.41) is 1.82. The number of aromatic nitrogens is 1. The molecule has 5 nitrogen and oxygen atoms in total. The first kappa shape index (κ1) is 21.7. The van der Waals surface area contributed by atoms with E-state index in [0.717, 1.165) is 49.4 Å². The number of fused-ring (bicyclic) bond motifs is 2. The molecular formula is C23H21ClFN3O2S2. The van der Waals surface area contributed by atoms with Crippen LogP contribution >= 0.6 is 34.3 Å². The van der Waals surface area contributed by atoms with Crippen molar-refractivity contribution in [3.8, 4) is 0 Å². The van der Waals surface area contributed by atoms with Crippen molar-refractivity contribution < 1.29 is 13.9 Å². The Hall–Kier alpha value is -2.10. The second-order valence-electron chi connectivity index (χ2n) is 7.59. The summed E-state index contributed by atoms with van der Waals surface area (Å²) >= 11 is 9.31. The van der Waals surface area contributed by atoms with Gasteiger partial charge in [-0.05, 0) is 24.6 Å². The number of morpholine rings is 1. The van der Waals surface area contributed by atoms with Gasteiger partial charge in [-0.15, -0.1) is 11.3 Å². The fourth-order valence-electron chi connectivity index (χ4n) is 3.85.